The van der Waals surface area contributed by atoms with Crippen molar-refractivity contribution < 1.29 is 24.8 Å². The molecule has 0 saturated carbocycles. The van der Waals surface area contributed by atoms with Crippen LogP contribution >= 0.6 is 0 Å². The summed E-state index contributed by atoms with van der Waals surface area (Å²) in [5.74, 6) is 0. The Hall–Kier alpha value is -0.460. The summed E-state index contributed by atoms with van der Waals surface area (Å²) < 4.78 is 10.9. The number of hydrogen-bond donors (Lipinski definition) is 3. The first kappa shape index (κ1) is 26.6. The first-order valence-corrected chi connectivity index (χ1v) is 12.0. The lowest BCUT2D eigenvalue weighted by Gasteiger charge is -2.35. The molecule has 0 aliphatic carbocycles. The topological polar surface area (TPSA) is 79.2 Å². The van der Waals surface area contributed by atoms with Crippen LogP contribution in [0.1, 0.15) is 96.8 Å². The number of allylic oxidation sites excluding steroid dienone is 2. The van der Waals surface area contributed by atoms with Crippen molar-refractivity contribution in [2.24, 2.45) is 0 Å². The van der Waals surface area contributed by atoms with E-state index in [1.807, 2.05) is 0 Å². The second-order valence-electron chi connectivity index (χ2n) is 8.43. The summed E-state index contributed by atoms with van der Waals surface area (Å²) in [6.07, 6.45) is 18.9. The molecule has 29 heavy (non-hydrogen) atoms. The van der Waals surface area contributed by atoms with Gasteiger partial charge in [-0.25, -0.2) is 0 Å². The molecule has 5 heteroatoms. The van der Waals surface area contributed by atoms with E-state index < -0.39 is 24.4 Å². The summed E-state index contributed by atoms with van der Waals surface area (Å²) in [5.41, 5.74) is 0. The minimum absolute atomic E-state index is 0.0405. The van der Waals surface area contributed by atoms with Gasteiger partial charge in [0.05, 0.1) is 13.2 Å². The fourth-order valence-electron chi connectivity index (χ4n) is 3.66. The molecule has 0 unspecified atom stereocenters. The fourth-order valence-corrected chi connectivity index (χ4v) is 3.66. The van der Waals surface area contributed by atoms with Crippen LogP contribution in [0.2, 0.25) is 0 Å². The minimum Gasteiger partial charge on any atom is -0.388 e. The van der Waals surface area contributed by atoms with Gasteiger partial charge in [-0.05, 0) is 32.1 Å². The number of hydrogen-bond acceptors (Lipinski definition) is 5. The largest absolute Gasteiger partial charge is 0.388 e. The molecule has 5 nitrogen and oxygen atoms in total. The van der Waals surface area contributed by atoms with Crippen LogP contribution in [0, 0.1) is 0 Å². The van der Waals surface area contributed by atoms with Crippen molar-refractivity contribution in [2.75, 3.05) is 19.8 Å². The molecule has 1 aliphatic heterocycles. The summed E-state index contributed by atoms with van der Waals surface area (Å²) in [7, 11) is 0. The lowest BCUT2D eigenvalue weighted by atomic mass is 10.0. The van der Waals surface area contributed by atoms with Crippen LogP contribution in [0.4, 0.5) is 0 Å². The van der Waals surface area contributed by atoms with Gasteiger partial charge in [-0.2, -0.15) is 0 Å². The summed E-state index contributed by atoms with van der Waals surface area (Å²) in [4.78, 5) is 0. The van der Waals surface area contributed by atoms with Gasteiger partial charge in [0.15, 0.2) is 0 Å². The van der Waals surface area contributed by atoms with Crippen LogP contribution in [0.25, 0.3) is 0 Å². The molecule has 0 spiro atoms. The molecule has 0 amide bonds. The monoisotopic (exact) mass is 414 g/mol. The number of rotatable bonds is 18. The SMILES string of the molecule is CCCCCCCCCC/C=C/CCCCCCOC[C@H]1OC[C@H](O)[C@@H](O)[C@@H]1O. The van der Waals surface area contributed by atoms with Gasteiger partial charge in [0.1, 0.15) is 24.4 Å². The molecule has 1 heterocycles. The summed E-state index contributed by atoms with van der Waals surface area (Å²) >= 11 is 0. The van der Waals surface area contributed by atoms with Gasteiger partial charge < -0.3 is 24.8 Å². The van der Waals surface area contributed by atoms with Gasteiger partial charge in [-0.1, -0.05) is 76.9 Å². The highest BCUT2D eigenvalue weighted by Crippen LogP contribution is 2.16. The predicted octanol–water partition coefficient (Wildman–Crippen LogP) is 4.52. The smallest absolute Gasteiger partial charge is 0.111 e. The molecule has 0 bridgehead atoms. The van der Waals surface area contributed by atoms with Gasteiger partial charge >= 0.3 is 0 Å². The Morgan fingerprint density at radius 1 is 0.759 bits per heavy atom. The highest BCUT2D eigenvalue weighted by atomic mass is 16.6. The Bertz CT molecular complexity index is 387. The third kappa shape index (κ3) is 13.5. The zero-order valence-corrected chi connectivity index (χ0v) is 18.6. The zero-order valence-electron chi connectivity index (χ0n) is 18.6. The Balaban J connectivity index is 1.80. The molecule has 4 atom stereocenters. The van der Waals surface area contributed by atoms with Crippen molar-refractivity contribution in [1.29, 1.82) is 0 Å². The van der Waals surface area contributed by atoms with E-state index in [-0.39, 0.29) is 13.2 Å². The van der Waals surface area contributed by atoms with Gasteiger partial charge in [0.2, 0.25) is 0 Å². The predicted molar refractivity (Wildman–Crippen MR) is 118 cm³/mol. The molecule has 0 aromatic heterocycles. The van der Waals surface area contributed by atoms with Crippen molar-refractivity contribution in [3.8, 4) is 0 Å². The summed E-state index contributed by atoms with van der Waals surface area (Å²) in [6.45, 7) is 3.20. The van der Waals surface area contributed by atoms with E-state index in [2.05, 4.69) is 19.1 Å². The molecular weight excluding hydrogens is 368 g/mol. The van der Waals surface area contributed by atoms with Crippen molar-refractivity contribution in [3.05, 3.63) is 12.2 Å². The van der Waals surface area contributed by atoms with E-state index in [1.54, 1.807) is 0 Å². The first-order valence-electron chi connectivity index (χ1n) is 12.0. The summed E-state index contributed by atoms with van der Waals surface area (Å²) in [5, 5.41) is 28.9. The zero-order chi connectivity index (χ0) is 21.2. The molecule has 0 radical (unpaired) electrons. The third-order valence-corrected chi connectivity index (χ3v) is 5.69. The highest BCUT2D eigenvalue weighted by Gasteiger charge is 2.37. The van der Waals surface area contributed by atoms with Crippen LogP contribution in [0.15, 0.2) is 12.2 Å². The van der Waals surface area contributed by atoms with E-state index in [1.165, 1.54) is 77.0 Å². The lowest BCUT2D eigenvalue weighted by Crippen LogP contribution is -2.54. The number of unbranched alkanes of at least 4 members (excludes halogenated alkanes) is 12. The lowest BCUT2D eigenvalue weighted by molar-refractivity contribution is -0.199. The van der Waals surface area contributed by atoms with Gasteiger partial charge in [-0.3, -0.25) is 0 Å². The van der Waals surface area contributed by atoms with Crippen molar-refractivity contribution >= 4 is 0 Å². The van der Waals surface area contributed by atoms with E-state index in [0.717, 1.165) is 12.8 Å². The molecule has 0 aromatic rings. The average Bonchev–Trinajstić information content (AvgIpc) is 2.72. The normalized spacial score (nSPS) is 25.1. The van der Waals surface area contributed by atoms with Crippen LogP contribution in [0.3, 0.4) is 0 Å². The minimum atomic E-state index is -1.15. The standard InChI is InChI=1S/C24H46O5/c1-2-3-4-5-6-7-8-9-10-11-12-13-14-15-16-17-18-28-20-22-24(27)23(26)21(25)19-29-22/h11-12,21-27H,2-10,13-20H2,1H3/b12-11+/t21-,22+,23+,24+/m0/s1. The van der Waals surface area contributed by atoms with Gasteiger partial charge in [0, 0.05) is 6.61 Å². The molecule has 0 aromatic carbocycles. The van der Waals surface area contributed by atoms with Crippen molar-refractivity contribution in [3.63, 3.8) is 0 Å². The molecule has 1 rings (SSSR count). The quantitative estimate of drug-likeness (QED) is 0.227. The molecule has 3 N–H and O–H groups in total. The van der Waals surface area contributed by atoms with E-state index in [9.17, 15) is 15.3 Å². The number of aliphatic hydroxyl groups is 3. The third-order valence-electron chi connectivity index (χ3n) is 5.69. The average molecular weight is 415 g/mol. The van der Waals surface area contributed by atoms with Gasteiger partial charge in [0.25, 0.3) is 0 Å². The Morgan fingerprint density at radius 3 is 1.93 bits per heavy atom. The van der Waals surface area contributed by atoms with Crippen LogP contribution in [-0.4, -0.2) is 59.6 Å². The van der Waals surface area contributed by atoms with Crippen LogP contribution in [-0.2, 0) is 9.47 Å². The van der Waals surface area contributed by atoms with Crippen LogP contribution < -0.4 is 0 Å². The highest BCUT2D eigenvalue weighted by molar-refractivity contribution is 4.86. The number of aliphatic hydroxyl groups excluding tert-OH is 3. The molecule has 1 aliphatic rings. The second-order valence-corrected chi connectivity index (χ2v) is 8.43. The Labute approximate surface area is 178 Å². The maximum Gasteiger partial charge on any atom is 0.111 e. The van der Waals surface area contributed by atoms with Crippen molar-refractivity contribution in [1.82, 2.24) is 0 Å². The Kier molecular flexibility index (Phi) is 16.8. The van der Waals surface area contributed by atoms with Crippen molar-refractivity contribution in [2.45, 2.75) is 121 Å². The Morgan fingerprint density at radius 2 is 1.31 bits per heavy atom. The second kappa shape index (κ2) is 18.3. The van der Waals surface area contributed by atoms with E-state index in [4.69, 9.17) is 9.47 Å². The van der Waals surface area contributed by atoms with Gasteiger partial charge in [-0.15, -0.1) is 0 Å². The molecule has 1 saturated heterocycles. The maximum atomic E-state index is 9.83. The summed E-state index contributed by atoms with van der Waals surface area (Å²) in [6, 6.07) is 0. The maximum absolute atomic E-state index is 9.83. The first-order chi connectivity index (χ1) is 14.2. The molecule has 1 fully saturated rings. The van der Waals surface area contributed by atoms with Crippen LogP contribution in [0.5, 0.6) is 0 Å². The van der Waals surface area contributed by atoms with E-state index >= 15 is 0 Å². The number of ether oxygens (including phenoxy) is 2. The molecule has 172 valence electrons. The van der Waals surface area contributed by atoms with E-state index in [0.29, 0.717) is 6.61 Å². The fraction of sp³-hybridized carbons (Fsp3) is 0.917. The molecular formula is C24H46O5.